The number of rotatable bonds is 6. The lowest BCUT2D eigenvalue weighted by atomic mass is 10.1. The summed E-state index contributed by atoms with van der Waals surface area (Å²) >= 11 is 5.91. The third-order valence-corrected chi connectivity index (χ3v) is 4.07. The summed E-state index contributed by atoms with van der Waals surface area (Å²) < 4.78 is 10.4. The normalized spacial score (nSPS) is 10.8. The maximum Gasteiger partial charge on any atom is 0.271 e. The number of aromatic amines is 1. The van der Waals surface area contributed by atoms with Crippen LogP contribution in [0.15, 0.2) is 53.8 Å². The number of aromatic nitrogens is 2. The predicted octanol–water partition coefficient (Wildman–Crippen LogP) is 3.51. The van der Waals surface area contributed by atoms with Gasteiger partial charge in [0.25, 0.3) is 5.91 Å². The van der Waals surface area contributed by atoms with E-state index in [1.807, 2.05) is 12.1 Å². The second kappa shape index (κ2) is 8.37. The molecule has 0 saturated heterocycles. The molecule has 8 heteroatoms. The van der Waals surface area contributed by atoms with Crippen LogP contribution in [0.2, 0.25) is 5.02 Å². The van der Waals surface area contributed by atoms with Crippen LogP contribution in [0.4, 0.5) is 0 Å². The Morgan fingerprint density at radius 2 is 1.89 bits per heavy atom. The molecule has 1 aromatic heterocycles. The van der Waals surface area contributed by atoms with E-state index >= 15 is 0 Å². The number of ether oxygens (including phenoxy) is 2. The van der Waals surface area contributed by atoms with Crippen molar-refractivity contribution in [1.82, 2.24) is 15.6 Å². The van der Waals surface area contributed by atoms with Gasteiger partial charge >= 0.3 is 0 Å². The molecule has 2 N–H and O–H groups in total. The van der Waals surface area contributed by atoms with E-state index in [-0.39, 0.29) is 5.91 Å². The molecule has 138 valence electrons. The van der Waals surface area contributed by atoms with Crippen LogP contribution in [0, 0.1) is 0 Å². The van der Waals surface area contributed by atoms with E-state index in [1.165, 1.54) is 20.4 Å². The van der Waals surface area contributed by atoms with Crippen molar-refractivity contribution in [2.45, 2.75) is 0 Å². The average molecular weight is 385 g/mol. The minimum absolute atomic E-state index is 0.372. The number of halogens is 1. The Labute approximate surface area is 161 Å². The van der Waals surface area contributed by atoms with Crippen LogP contribution in [-0.2, 0) is 0 Å². The number of hydrogen-bond donors (Lipinski definition) is 2. The summed E-state index contributed by atoms with van der Waals surface area (Å²) in [4.78, 5) is 12.3. The van der Waals surface area contributed by atoms with Gasteiger partial charge in [0.2, 0.25) is 0 Å². The summed E-state index contributed by atoms with van der Waals surface area (Å²) in [6, 6.07) is 12.2. The van der Waals surface area contributed by atoms with Gasteiger partial charge in [-0.2, -0.15) is 10.2 Å². The van der Waals surface area contributed by atoms with Crippen molar-refractivity contribution in [1.29, 1.82) is 0 Å². The van der Waals surface area contributed by atoms with Gasteiger partial charge < -0.3 is 9.47 Å². The van der Waals surface area contributed by atoms with Crippen LogP contribution in [0.3, 0.4) is 0 Å². The topological polar surface area (TPSA) is 88.6 Å². The van der Waals surface area contributed by atoms with E-state index in [4.69, 9.17) is 21.1 Å². The highest BCUT2D eigenvalue weighted by Crippen LogP contribution is 2.27. The predicted molar refractivity (Wildman–Crippen MR) is 104 cm³/mol. The third kappa shape index (κ3) is 4.27. The Kier molecular flexibility index (Phi) is 5.73. The van der Waals surface area contributed by atoms with Crippen molar-refractivity contribution in [2.24, 2.45) is 5.10 Å². The smallest absolute Gasteiger partial charge is 0.271 e. The Morgan fingerprint density at radius 3 is 2.59 bits per heavy atom. The number of nitrogens with one attached hydrogen (secondary N) is 2. The molecule has 0 atom stereocenters. The van der Waals surface area contributed by atoms with Crippen LogP contribution in [0.5, 0.6) is 11.5 Å². The van der Waals surface area contributed by atoms with Gasteiger partial charge in [-0.15, -0.1) is 0 Å². The molecule has 1 heterocycles. The number of amides is 1. The second-order valence-corrected chi connectivity index (χ2v) is 5.91. The molecule has 0 aliphatic carbocycles. The van der Waals surface area contributed by atoms with Gasteiger partial charge in [-0.05, 0) is 30.3 Å². The monoisotopic (exact) mass is 384 g/mol. The fourth-order valence-corrected chi connectivity index (χ4v) is 2.57. The minimum atomic E-state index is -0.372. The highest BCUT2D eigenvalue weighted by Gasteiger charge is 2.10. The summed E-state index contributed by atoms with van der Waals surface area (Å²) in [7, 11) is 3.04. The standard InChI is InChI=1S/C19H17ClN4O3/c1-26-16-8-5-13(9-17(16)27-2)19(25)24-22-11-14-10-21-23-18(14)12-3-6-15(20)7-4-12/h3-11H,1-2H3,(H,21,23)(H,24,25)/b22-11-. The summed E-state index contributed by atoms with van der Waals surface area (Å²) in [6.45, 7) is 0. The highest BCUT2D eigenvalue weighted by atomic mass is 35.5. The van der Waals surface area contributed by atoms with E-state index in [9.17, 15) is 4.79 Å². The Bertz CT molecular complexity index is 967. The molecule has 3 aromatic rings. The number of benzene rings is 2. The quantitative estimate of drug-likeness (QED) is 0.502. The molecule has 0 spiro atoms. The number of carbonyl (C=O) groups is 1. The van der Waals surface area contributed by atoms with Crippen molar-refractivity contribution in [3.05, 3.63) is 64.8 Å². The lowest BCUT2D eigenvalue weighted by Gasteiger charge is -2.08. The van der Waals surface area contributed by atoms with Gasteiger partial charge in [0.1, 0.15) is 0 Å². The van der Waals surface area contributed by atoms with Crippen molar-refractivity contribution in [2.75, 3.05) is 14.2 Å². The van der Waals surface area contributed by atoms with Gasteiger partial charge in [0, 0.05) is 21.7 Å². The van der Waals surface area contributed by atoms with E-state index in [2.05, 4.69) is 20.7 Å². The zero-order valence-corrected chi connectivity index (χ0v) is 15.4. The fraction of sp³-hybridized carbons (Fsp3) is 0.105. The first-order valence-electron chi connectivity index (χ1n) is 7.97. The van der Waals surface area contributed by atoms with Gasteiger partial charge in [-0.1, -0.05) is 23.7 Å². The van der Waals surface area contributed by atoms with Crippen LogP contribution >= 0.6 is 11.6 Å². The summed E-state index contributed by atoms with van der Waals surface area (Å²) in [5, 5.41) is 11.6. The largest absolute Gasteiger partial charge is 0.493 e. The van der Waals surface area contributed by atoms with Crippen LogP contribution < -0.4 is 14.9 Å². The van der Waals surface area contributed by atoms with Gasteiger partial charge in [-0.25, -0.2) is 5.43 Å². The van der Waals surface area contributed by atoms with Gasteiger partial charge in [-0.3, -0.25) is 9.89 Å². The highest BCUT2D eigenvalue weighted by molar-refractivity contribution is 6.30. The van der Waals surface area contributed by atoms with E-state index in [0.29, 0.717) is 22.1 Å². The van der Waals surface area contributed by atoms with Crippen LogP contribution in [0.25, 0.3) is 11.3 Å². The van der Waals surface area contributed by atoms with Gasteiger partial charge in [0.05, 0.1) is 32.3 Å². The lowest BCUT2D eigenvalue weighted by molar-refractivity contribution is 0.0954. The maximum absolute atomic E-state index is 12.3. The summed E-state index contributed by atoms with van der Waals surface area (Å²) in [5.41, 5.74) is 5.29. The number of nitrogens with zero attached hydrogens (tertiary/aromatic N) is 2. The lowest BCUT2D eigenvalue weighted by Crippen LogP contribution is -2.17. The SMILES string of the molecule is COc1ccc(C(=O)N/N=C\c2cn[nH]c2-c2ccc(Cl)cc2)cc1OC. The molecule has 0 bridgehead atoms. The first-order valence-corrected chi connectivity index (χ1v) is 8.35. The number of hydrogen-bond acceptors (Lipinski definition) is 5. The first-order chi connectivity index (χ1) is 13.1. The summed E-state index contributed by atoms with van der Waals surface area (Å²) in [6.07, 6.45) is 3.14. The van der Waals surface area contributed by atoms with Crippen molar-refractivity contribution < 1.29 is 14.3 Å². The molecule has 0 fully saturated rings. The summed E-state index contributed by atoms with van der Waals surface area (Å²) in [5.74, 6) is 0.640. The second-order valence-electron chi connectivity index (χ2n) is 5.48. The van der Waals surface area contributed by atoms with Crippen molar-refractivity contribution >= 4 is 23.7 Å². The molecule has 0 saturated carbocycles. The zero-order valence-electron chi connectivity index (χ0n) is 14.7. The molecule has 2 aromatic carbocycles. The fourth-order valence-electron chi connectivity index (χ4n) is 2.44. The molecule has 3 rings (SSSR count). The molecule has 7 nitrogen and oxygen atoms in total. The molecule has 27 heavy (non-hydrogen) atoms. The molecule has 0 unspecified atom stereocenters. The minimum Gasteiger partial charge on any atom is -0.493 e. The molecular formula is C19H17ClN4O3. The first kappa shape index (κ1) is 18.5. The zero-order chi connectivity index (χ0) is 19.2. The molecule has 1 amide bonds. The molecular weight excluding hydrogens is 368 g/mol. The number of H-pyrrole nitrogens is 1. The van der Waals surface area contributed by atoms with Crippen molar-refractivity contribution in [3.63, 3.8) is 0 Å². The van der Waals surface area contributed by atoms with Crippen LogP contribution in [-0.4, -0.2) is 36.5 Å². The van der Waals surface area contributed by atoms with E-state index < -0.39 is 0 Å². The maximum atomic E-state index is 12.3. The third-order valence-electron chi connectivity index (χ3n) is 3.82. The number of hydrazone groups is 1. The Hall–Kier alpha value is -3.32. The van der Waals surface area contributed by atoms with Crippen LogP contribution in [0.1, 0.15) is 15.9 Å². The molecule has 0 aliphatic rings. The average Bonchev–Trinajstić information content (AvgIpc) is 3.16. The Morgan fingerprint density at radius 1 is 1.15 bits per heavy atom. The van der Waals surface area contributed by atoms with E-state index in [0.717, 1.165) is 16.8 Å². The number of carbonyl (C=O) groups excluding carboxylic acids is 1. The van der Waals surface area contributed by atoms with Crippen molar-refractivity contribution in [3.8, 4) is 22.8 Å². The number of methoxy groups -OCH3 is 2. The van der Waals surface area contributed by atoms with Gasteiger partial charge in [0.15, 0.2) is 11.5 Å². The van der Waals surface area contributed by atoms with E-state index in [1.54, 1.807) is 36.5 Å². The molecule has 0 aliphatic heterocycles. The Balaban J connectivity index is 1.72. The molecule has 0 radical (unpaired) electrons.